The molecule has 2 aromatic heterocycles. The van der Waals surface area contributed by atoms with E-state index in [-0.39, 0.29) is 24.3 Å². The van der Waals surface area contributed by atoms with Gasteiger partial charge >= 0.3 is 11.8 Å². The molecule has 2 aliphatic rings. The van der Waals surface area contributed by atoms with Crippen molar-refractivity contribution in [2.45, 2.75) is 43.8 Å². The second-order valence-corrected chi connectivity index (χ2v) is 13.6. The molecule has 54 heavy (non-hydrogen) atoms. The van der Waals surface area contributed by atoms with Gasteiger partial charge in [0, 0.05) is 40.7 Å². The van der Waals surface area contributed by atoms with Crippen molar-refractivity contribution in [2.75, 3.05) is 13.2 Å². The van der Waals surface area contributed by atoms with Crippen LogP contribution in [0.15, 0.2) is 122 Å². The van der Waals surface area contributed by atoms with E-state index in [4.69, 9.17) is 9.47 Å². The zero-order valence-electron chi connectivity index (χ0n) is 29.3. The fraction of sp³-hybridized carbons (Fsp3) is 0.209. The highest BCUT2D eigenvalue weighted by Crippen LogP contribution is 2.57. The minimum absolute atomic E-state index is 0.137. The van der Waals surface area contributed by atoms with E-state index in [0.717, 1.165) is 39.9 Å². The van der Waals surface area contributed by atoms with Gasteiger partial charge in [-0.3, -0.25) is 9.97 Å². The summed E-state index contributed by atoms with van der Waals surface area (Å²) in [5.74, 6) is -9.62. The number of alkyl halides is 4. The molecule has 4 heterocycles. The molecule has 2 atom stereocenters. The SMILES string of the molecule is Cc1ccc(-c2ccc(C(F)(F)[C@@]3(c4ccc(F)cc4F)CO3)nc2)cc1.Cc1ccc(-c2ccc(C(F)(F)[C@]3(c4ccc(C)cc4F)CO3)nc2)cc1. The minimum atomic E-state index is -3.57. The van der Waals surface area contributed by atoms with Gasteiger partial charge in [-0.15, -0.1) is 0 Å². The average molecular weight is 743 g/mol. The van der Waals surface area contributed by atoms with E-state index >= 15 is 17.6 Å². The van der Waals surface area contributed by atoms with Crippen molar-refractivity contribution in [1.82, 2.24) is 9.97 Å². The molecule has 11 heteroatoms. The summed E-state index contributed by atoms with van der Waals surface area (Å²) >= 11 is 0. The van der Waals surface area contributed by atoms with Crippen molar-refractivity contribution in [3.63, 3.8) is 0 Å². The number of rotatable bonds is 8. The summed E-state index contributed by atoms with van der Waals surface area (Å²) in [5.41, 5.74) is 0.399. The number of hydrogen-bond donors (Lipinski definition) is 0. The van der Waals surface area contributed by atoms with E-state index in [1.165, 1.54) is 42.7 Å². The number of benzene rings is 4. The van der Waals surface area contributed by atoms with Gasteiger partial charge in [0.1, 0.15) is 28.8 Å². The van der Waals surface area contributed by atoms with Crippen LogP contribution in [0, 0.1) is 38.2 Å². The predicted molar refractivity (Wildman–Crippen MR) is 189 cm³/mol. The van der Waals surface area contributed by atoms with Gasteiger partial charge in [-0.05, 0) is 67.8 Å². The predicted octanol–water partition coefficient (Wildman–Crippen LogP) is 10.9. The Morgan fingerprint density at radius 2 is 0.852 bits per heavy atom. The van der Waals surface area contributed by atoms with Crippen LogP contribution in [-0.4, -0.2) is 23.2 Å². The molecule has 6 aromatic rings. The Morgan fingerprint density at radius 3 is 1.20 bits per heavy atom. The summed E-state index contributed by atoms with van der Waals surface area (Å²) in [6, 6.07) is 27.7. The maximum atomic E-state index is 15.2. The van der Waals surface area contributed by atoms with Crippen molar-refractivity contribution < 1.29 is 40.2 Å². The fourth-order valence-corrected chi connectivity index (χ4v) is 6.33. The zero-order chi connectivity index (χ0) is 38.5. The topological polar surface area (TPSA) is 50.8 Å². The number of aryl methyl sites for hydroxylation is 3. The summed E-state index contributed by atoms with van der Waals surface area (Å²) in [4.78, 5) is 7.88. The summed E-state index contributed by atoms with van der Waals surface area (Å²) in [7, 11) is 0. The zero-order valence-corrected chi connectivity index (χ0v) is 29.3. The first-order valence-corrected chi connectivity index (χ1v) is 17.0. The lowest BCUT2D eigenvalue weighted by Gasteiger charge is -2.24. The van der Waals surface area contributed by atoms with Crippen LogP contribution < -0.4 is 0 Å². The van der Waals surface area contributed by atoms with Crippen molar-refractivity contribution in [1.29, 1.82) is 0 Å². The molecule has 276 valence electrons. The number of ether oxygens (including phenoxy) is 2. The van der Waals surface area contributed by atoms with Crippen molar-refractivity contribution >= 4 is 0 Å². The van der Waals surface area contributed by atoms with Gasteiger partial charge in [-0.2, -0.15) is 17.6 Å². The Balaban J connectivity index is 0.000000167. The van der Waals surface area contributed by atoms with Crippen LogP contribution in [0.5, 0.6) is 0 Å². The summed E-state index contributed by atoms with van der Waals surface area (Å²) in [6.45, 7) is 5.02. The molecule has 2 fully saturated rings. The van der Waals surface area contributed by atoms with Gasteiger partial charge in [0.25, 0.3) is 0 Å². The van der Waals surface area contributed by atoms with Gasteiger partial charge < -0.3 is 9.47 Å². The van der Waals surface area contributed by atoms with Crippen LogP contribution in [0.1, 0.15) is 39.2 Å². The Kier molecular flexibility index (Phi) is 9.43. The average Bonchev–Trinajstić information content (AvgIpc) is 4.09. The van der Waals surface area contributed by atoms with E-state index in [0.29, 0.717) is 17.2 Å². The molecule has 2 aliphatic heterocycles. The Hall–Kier alpha value is -5.39. The van der Waals surface area contributed by atoms with Gasteiger partial charge in [0.2, 0.25) is 0 Å². The highest BCUT2D eigenvalue weighted by molar-refractivity contribution is 5.64. The third-order valence-corrected chi connectivity index (χ3v) is 9.75. The van der Waals surface area contributed by atoms with Crippen LogP contribution >= 0.6 is 0 Å². The van der Waals surface area contributed by atoms with Crippen LogP contribution in [0.3, 0.4) is 0 Å². The van der Waals surface area contributed by atoms with Crippen LogP contribution in [0.4, 0.5) is 30.7 Å². The fourth-order valence-electron chi connectivity index (χ4n) is 6.33. The molecule has 4 nitrogen and oxygen atoms in total. The molecule has 0 saturated carbocycles. The van der Waals surface area contributed by atoms with E-state index in [9.17, 15) is 13.2 Å². The van der Waals surface area contributed by atoms with Crippen LogP contribution in [0.2, 0.25) is 0 Å². The Bertz CT molecular complexity index is 2120. The molecular formula is C43H33F7N2O2. The third-order valence-electron chi connectivity index (χ3n) is 9.75. The lowest BCUT2D eigenvalue weighted by atomic mass is 9.89. The number of pyridine rings is 2. The molecule has 2 saturated heterocycles. The second-order valence-electron chi connectivity index (χ2n) is 13.6. The number of hydrogen-bond acceptors (Lipinski definition) is 4. The maximum absolute atomic E-state index is 15.2. The second kappa shape index (κ2) is 13.8. The first kappa shape index (κ1) is 36.9. The summed E-state index contributed by atoms with van der Waals surface area (Å²) in [6.07, 6.45) is 2.76. The normalized spacial score (nSPS) is 19.1. The largest absolute Gasteiger partial charge is 0.357 e. The first-order valence-electron chi connectivity index (χ1n) is 17.0. The van der Waals surface area contributed by atoms with E-state index in [1.807, 2.05) is 62.4 Å². The lowest BCUT2D eigenvalue weighted by molar-refractivity contribution is -0.0903. The standard InChI is InChI=1S/C22H18F3NO.C21H15F4NO/c1-14-3-6-16(7-4-14)17-8-10-20(26-12-17)22(24,25)21(13-27-21)18-9-5-15(2)11-19(18)23;1-13-2-4-14(5-3-13)15-6-9-19(26-11-15)21(24,25)20(12-27-20)17-8-7-16(22)10-18(17)23/h3-12H,13H2,1-2H3;2-11H,12H2,1H3/t21-;20-/m10/s1. The molecule has 0 aliphatic carbocycles. The minimum Gasteiger partial charge on any atom is -0.357 e. The lowest BCUT2D eigenvalue weighted by Crippen LogP contribution is -2.34. The van der Waals surface area contributed by atoms with E-state index in [2.05, 4.69) is 9.97 Å². The third kappa shape index (κ3) is 6.67. The number of aromatic nitrogens is 2. The highest BCUT2D eigenvalue weighted by atomic mass is 19.3. The number of nitrogens with zero attached hydrogens (tertiary/aromatic N) is 2. The summed E-state index contributed by atoms with van der Waals surface area (Å²) < 4.78 is 112. The smallest absolute Gasteiger partial charge is 0.324 e. The molecule has 0 N–H and O–H groups in total. The monoisotopic (exact) mass is 742 g/mol. The quantitative estimate of drug-likeness (QED) is 0.115. The first-order chi connectivity index (χ1) is 25.7. The highest BCUT2D eigenvalue weighted by Gasteiger charge is 2.69. The van der Waals surface area contributed by atoms with Crippen LogP contribution in [-0.2, 0) is 32.5 Å². The molecule has 0 unspecified atom stereocenters. The van der Waals surface area contributed by atoms with E-state index in [1.54, 1.807) is 19.1 Å². The molecule has 0 spiro atoms. The number of epoxide rings is 2. The summed E-state index contributed by atoms with van der Waals surface area (Å²) in [5, 5.41) is 0. The number of halogens is 7. The Morgan fingerprint density at radius 1 is 0.481 bits per heavy atom. The van der Waals surface area contributed by atoms with Crippen LogP contribution in [0.25, 0.3) is 22.3 Å². The molecule has 8 rings (SSSR count). The van der Waals surface area contributed by atoms with Crippen molar-refractivity contribution in [2.24, 2.45) is 0 Å². The molecule has 4 aromatic carbocycles. The maximum Gasteiger partial charge on any atom is 0.324 e. The molecular weight excluding hydrogens is 709 g/mol. The molecule has 0 amide bonds. The van der Waals surface area contributed by atoms with Crippen molar-refractivity contribution in [3.8, 4) is 22.3 Å². The molecule has 0 bridgehead atoms. The van der Waals surface area contributed by atoms with Crippen molar-refractivity contribution in [3.05, 3.63) is 178 Å². The Labute approximate surface area is 307 Å². The van der Waals surface area contributed by atoms with Gasteiger partial charge in [-0.1, -0.05) is 83.9 Å². The molecule has 0 radical (unpaired) electrons. The van der Waals surface area contributed by atoms with E-state index < -0.39 is 51.9 Å². The van der Waals surface area contributed by atoms with Gasteiger partial charge in [0.15, 0.2) is 11.2 Å². The van der Waals surface area contributed by atoms with Gasteiger partial charge in [-0.25, -0.2) is 13.2 Å². The van der Waals surface area contributed by atoms with Gasteiger partial charge in [0.05, 0.1) is 13.2 Å².